The quantitative estimate of drug-likeness (QED) is 0.808. The normalized spacial score (nSPS) is 14.3. The Morgan fingerprint density at radius 1 is 0.931 bits per heavy atom. The van der Waals surface area contributed by atoms with Crippen LogP contribution in [0.25, 0.3) is 0 Å². The summed E-state index contributed by atoms with van der Waals surface area (Å²) in [5.74, 6) is -0.778. The number of carbonyl (C=O) groups is 3. The predicted molar refractivity (Wildman–Crippen MR) is 111 cm³/mol. The summed E-state index contributed by atoms with van der Waals surface area (Å²) >= 11 is 0. The van der Waals surface area contributed by atoms with Crippen molar-refractivity contribution >= 4 is 29.1 Å². The van der Waals surface area contributed by atoms with Crippen LogP contribution < -0.4 is 10.6 Å². The Hall–Kier alpha value is -3.26. The molecule has 8 nitrogen and oxygen atoms in total. The molecule has 0 bridgehead atoms. The minimum atomic E-state index is -0.421. The van der Waals surface area contributed by atoms with Crippen molar-refractivity contribution in [2.75, 3.05) is 43.4 Å². The van der Waals surface area contributed by atoms with E-state index in [1.807, 2.05) is 0 Å². The summed E-state index contributed by atoms with van der Waals surface area (Å²) in [6.45, 7) is 7.48. The SMILES string of the molecule is CCN1CCN(C(=O)c2cccc(C(=O)Nc3cccc(NC(C)=O)c3)n2)CC1. The summed E-state index contributed by atoms with van der Waals surface area (Å²) in [6.07, 6.45) is 0. The van der Waals surface area contributed by atoms with Gasteiger partial charge in [-0.25, -0.2) is 4.98 Å². The zero-order valence-corrected chi connectivity index (χ0v) is 16.6. The molecule has 2 heterocycles. The van der Waals surface area contributed by atoms with Crippen molar-refractivity contribution in [3.63, 3.8) is 0 Å². The van der Waals surface area contributed by atoms with Gasteiger partial charge in [-0.2, -0.15) is 0 Å². The Kier molecular flexibility index (Phi) is 6.56. The van der Waals surface area contributed by atoms with Gasteiger partial charge in [0.15, 0.2) is 0 Å². The second-order valence-electron chi connectivity index (χ2n) is 6.85. The largest absolute Gasteiger partial charge is 0.335 e. The van der Waals surface area contributed by atoms with Crippen LogP contribution in [0.1, 0.15) is 34.8 Å². The van der Waals surface area contributed by atoms with Crippen molar-refractivity contribution in [3.8, 4) is 0 Å². The van der Waals surface area contributed by atoms with Gasteiger partial charge in [0.1, 0.15) is 11.4 Å². The number of benzene rings is 1. The van der Waals surface area contributed by atoms with Crippen molar-refractivity contribution in [3.05, 3.63) is 53.9 Å². The minimum absolute atomic E-state index is 0.160. The second kappa shape index (κ2) is 9.29. The molecule has 0 atom stereocenters. The van der Waals surface area contributed by atoms with Gasteiger partial charge in [0, 0.05) is 44.5 Å². The molecule has 1 aromatic carbocycles. The third kappa shape index (κ3) is 5.39. The number of nitrogens with zero attached hydrogens (tertiary/aromatic N) is 3. The van der Waals surface area contributed by atoms with Crippen LogP contribution in [0.15, 0.2) is 42.5 Å². The van der Waals surface area contributed by atoms with Gasteiger partial charge in [-0.1, -0.05) is 19.1 Å². The fraction of sp³-hybridized carbons (Fsp3) is 0.333. The van der Waals surface area contributed by atoms with Gasteiger partial charge in [-0.05, 0) is 36.9 Å². The molecule has 2 N–H and O–H groups in total. The molecule has 8 heteroatoms. The van der Waals surface area contributed by atoms with E-state index in [1.165, 1.54) is 6.92 Å². The van der Waals surface area contributed by atoms with Gasteiger partial charge in [0.05, 0.1) is 0 Å². The molecule has 0 radical (unpaired) electrons. The van der Waals surface area contributed by atoms with E-state index in [0.29, 0.717) is 24.5 Å². The highest BCUT2D eigenvalue weighted by Crippen LogP contribution is 2.16. The molecule has 0 aliphatic carbocycles. The number of amides is 3. The molecule has 152 valence electrons. The van der Waals surface area contributed by atoms with Gasteiger partial charge in [-0.15, -0.1) is 0 Å². The fourth-order valence-electron chi connectivity index (χ4n) is 3.18. The Bertz CT molecular complexity index is 907. The highest BCUT2D eigenvalue weighted by molar-refractivity contribution is 6.04. The van der Waals surface area contributed by atoms with Crippen molar-refractivity contribution in [2.45, 2.75) is 13.8 Å². The summed E-state index contributed by atoms with van der Waals surface area (Å²) in [6, 6.07) is 11.7. The van der Waals surface area contributed by atoms with Gasteiger partial charge in [0.25, 0.3) is 11.8 Å². The van der Waals surface area contributed by atoms with E-state index >= 15 is 0 Å². The standard InChI is InChI=1S/C21H25N5O3/c1-3-25-10-12-26(13-11-25)21(29)19-9-5-8-18(24-19)20(28)23-17-7-4-6-16(14-17)22-15(2)27/h4-9,14H,3,10-13H2,1-2H3,(H,22,27)(H,23,28). The van der Waals surface area contributed by atoms with Crippen LogP contribution in [0.5, 0.6) is 0 Å². The first-order valence-corrected chi connectivity index (χ1v) is 9.64. The topological polar surface area (TPSA) is 94.6 Å². The predicted octanol–water partition coefficient (Wildman–Crippen LogP) is 2.07. The number of hydrogen-bond donors (Lipinski definition) is 2. The lowest BCUT2D eigenvalue weighted by Gasteiger charge is -2.33. The van der Waals surface area contributed by atoms with Gasteiger partial charge >= 0.3 is 0 Å². The van der Waals surface area contributed by atoms with E-state index in [9.17, 15) is 14.4 Å². The smallest absolute Gasteiger partial charge is 0.274 e. The Labute approximate surface area is 169 Å². The summed E-state index contributed by atoms with van der Waals surface area (Å²) < 4.78 is 0. The average molecular weight is 395 g/mol. The lowest BCUT2D eigenvalue weighted by molar-refractivity contribution is -0.114. The molecule has 3 rings (SSSR count). The molecular weight excluding hydrogens is 370 g/mol. The fourth-order valence-corrected chi connectivity index (χ4v) is 3.18. The monoisotopic (exact) mass is 395 g/mol. The highest BCUT2D eigenvalue weighted by atomic mass is 16.2. The van der Waals surface area contributed by atoms with Crippen LogP contribution in [0.3, 0.4) is 0 Å². The van der Waals surface area contributed by atoms with Crippen LogP contribution in [0.2, 0.25) is 0 Å². The summed E-state index contributed by atoms with van der Waals surface area (Å²) in [5.41, 5.74) is 1.52. The maximum Gasteiger partial charge on any atom is 0.274 e. The first kappa shape index (κ1) is 20.5. The lowest BCUT2D eigenvalue weighted by Crippen LogP contribution is -2.48. The number of carbonyl (C=O) groups excluding carboxylic acids is 3. The maximum atomic E-state index is 12.7. The van der Waals surface area contributed by atoms with Crippen LogP contribution in [0.4, 0.5) is 11.4 Å². The van der Waals surface area contributed by atoms with Crippen LogP contribution in [0, 0.1) is 0 Å². The number of hydrogen-bond acceptors (Lipinski definition) is 5. The molecule has 0 unspecified atom stereocenters. The molecule has 1 fully saturated rings. The van der Waals surface area contributed by atoms with Crippen LogP contribution in [-0.4, -0.2) is 65.2 Å². The van der Waals surface area contributed by atoms with Crippen molar-refractivity contribution in [1.82, 2.24) is 14.8 Å². The molecule has 1 aromatic heterocycles. The molecule has 1 saturated heterocycles. The number of aromatic nitrogens is 1. The molecule has 3 amide bonds. The molecule has 1 aliphatic heterocycles. The van der Waals surface area contributed by atoms with E-state index in [0.717, 1.165) is 19.6 Å². The van der Waals surface area contributed by atoms with Crippen molar-refractivity contribution in [1.29, 1.82) is 0 Å². The van der Waals surface area contributed by atoms with E-state index in [1.54, 1.807) is 47.4 Å². The highest BCUT2D eigenvalue weighted by Gasteiger charge is 2.23. The zero-order chi connectivity index (χ0) is 20.8. The van der Waals surface area contributed by atoms with Gasteiger partial charge < -0.3 is 20.4 Å². The summed E-state index contributed by atoms with van der Waals surface area (Å²) in [5, 5.41) is 5.41. The molecule has 1 aliphatic rings. The lowest BCUT2D eigenvalue weighted by atomic mass is 10.2. The first-order valence-electron chi connectivity index (χ1n) is 9.64. The summed E-state index contributed by atoms with van der Waals surface area (Å²) in [7, 11) is 0. The molecule has 29 heavy (non-hydrogen) atoms. The van der Waals surface area contributed by atoms with Gasteiger partial charge in [0.2, 0.25) is 5.91 Å². The number of rotatable bonds is 5. The number of pyridine rings is 1. The molecule has 2 aromatic rings. The van der Waals surface area contributed by atoms with E-state index in [2.05, 4.69) is 27.4 Å². The van der Waals surface area contributed by atoms with Crippen molar-refractivity contribution in [2.24, 2.45) is 0 Å². The number of anilines is 2. The first-order chi connectivity index (χ1) is 14.0. The van der Waals surface area contributed by atoms with Gasteiger partial charge in [-0.3, -0.25) is 14.4 Å². The molecular formula is C21H25N5O3. The molecule has 0 spiro atoms. The average Bonchev–Trinajstić information content (AvgIpc) is 2.73. The van der Waals surface area contributed by atoms with Crippen LogP contribution >= 0.6 is 0 Å². The summed E-state index contributed by atoms with van der Waals surface area (Å²) in [4.78, 5) is 44.9. The Morgan fingerprint density at radius 2 is 1.55 bits per heavy atom. The number of piperazine rings is 1. The second-order valence-corrected chi connectivity index (χ2v) is 6.85. The third-order valence-corrected chi connectivity index (χ3v) is 4.75. The van der Waals surface area contributed by atoms with Crippen LogP contribution in [-0.2, 0) is 4.79 Å². The van der Waals surface area contributed by atoms with E-state index in [-0.39, 0.29) is 23.2 Å². The third-order valence-electron chi connectivity index (χ3n) is 4.75. The maximum absolute atomic E-state index is 12.7. The Morgan fingerprint density at radius 3 is 2.21 bits per heavy atom. The molecule has 0 saturated carbocycles. The Balaban J connectivity index is 1.68. The number of nitrogens with one attached hydrogen (secondary N) is 2. The van der Waals surface area contributed by atoms with Crippen molar-refractivity contribution < 1.29 is 14.4 Å². The minimum Gasteiger partial charge on any atom is -0.335 e. The zero-order valence-electron chi connectivity index (χ0n) is 16.6. The van der Waals surface area contributed by atoms with E-state index < -0.39 is 5.91 Å². The van der Waals surface area contributed by atoms with E-state index in [4.69, 9.17) is 0 Å². The number of likely N-dealkylation sites (N-methyl/N-ethyl adjacent to an activating group) is 1.